The van der Waals surface area contributed by atoms with Gasteiger partial charge >= 0.3 is 0 Å². The van der Waals surface area contributed by atoms with Gasteiger partial charge in [-0.05, 0) is 41.9 Å². The summed E-state index contributed by atoms with van der Waals surface area (Å²) < 4.78 is 6.90. The monoisotopic (exact) mass is 386 g/mol. The summed E-state index contributed by atoms with van der Waals surface area (Å²) in [6.45, 7) is 0.212. The van der Waals surface area contributed by atoms with Crippen molar-refractivity contribution >= 4 is 40.1 Å². The van der Waals surface area contributed by atoms with Crippen molar-refractivity contribution in [2.75, 3.05) is 19.0 Å². The summed E-state index contributed by atoms with van der Waals surface area (Å²) in [4.78, 5) is 28.6. The van der Waals surface area contributed by atoms with E-state index in [0.29, 0.717) is 22.3 Å². The van der Waals surface area contributed by atoms with Crippen LogP contribution in [-0.2, 0) is 11.8 Å². The number of nitrogens with zero attached hydrogens (tertiary/aromatic N) is 2. The number of methoxy groups -OCH3 is 1. The highest BCUT2D eigenvalue weighted by Crippen LogP contribution is 2.23. The van der Waals surface area contributed by atoms with E-state index in [1.54, 1.807) is 48.0 Å². The lowest BCUT2D eigenvalue weighted by Crippen LogP contribution is -2.27. The number of carbonyl (C=O) groups is 2. The number of nitrogens with one attached hydrogen (secondary N) is 2. The maximum Gasteiger partial charge on any atom is 0.251 e. The second kappa shape index (κ2) is 8.09. The number of hydrogen-bond donors (Lipinski definition) is 2. The number of imidazole rings is 1. The fourth-order valence-corrected chi connectivity index (χ4v) is 2.84. The zero-order chi connectivity index (χ0) is 19.4. The molecule has 0 bridgehead atoms. The van der Waals surface area contributed by atoms with E-state index in [0.717, 1.165) is 11.0 Å². The molecule has 2 aromatic carbocycles. The molecule has 3 aromatic rings. The Bertz CT molecular complexity index is 1000. The Morgan fingerprint density at radius 2 is 2.00 bits per heavy atom. The number of ether oxygens (including phenoxy) is 1. The first kappa shape index (κ1) is 18.7. The summed E-state index contributed by atoms with van der Waals surface area (Å²) in [7, 11) is 3.32. The summed E-state index contributed by atoms with van der Waals surface area (Å²) in [5.74, 6) is 0.103. The van der Waals surface area contributed by atoms with Crippen molar-refractivity contribution in [3.8, 4) is 5.75 Å². The van der Waals surface area contributed by atoms with Gasteiger partial charge < -0.3 is 19.9 Å². The number of rotatable bonds is 6. The Morgan fingerprint density at radius 1 is 1.22 bits per heavy atom. The third-order valence-electron chi connectivity index (χ3n) is 4.11. The van der Waals surface area contributed by atoms with Crippen LogP contribution >= 0.6 is 11.6 Å². The second-order valence-electron chi connectivity index (χ2n) is 5.90. The van der Waals surface area contributed by atoms with Crippen molar-refractivity contribution in [3.05, 3.63) is 53.3 Å². The Labute approximate surface area is 161 Å². The third-order valence-corrected chi connectivity index (χ3v) is 4.45. The molecular formula is C19H19ClN4O3. The lowest BCUT2D eigenvalue weighted by molar-refractivity contribution is -0.116. The molecule has 1 heterocycles. The van der Waals surface area contributed by atoms with Crippen LogP contribution < -0.4 is 15.4 Å². The van der Waals surface area contributed by atoms with Crippen molar-refractivity contribution in [1.29, 1.82) is 0 Å². The highest BCUT2D eigenvalue weighted by atomic mass is 35.5. The van der Waals surface area contributed by atoms with Crippen LogP contribution in [0.25, 0.3) is 11.0 Å². The average molecular weight is 387 g/mol. The number of aromatic nitrogens is 2. The lowest BCUT2D eigenvalue weighted by Gasteiger charge is -2.10. The number of fused-ring (bicyclic) bond motifs is 1. The molecule has 0 saturated heterocycles. The molecule has 0 saturated carbocycles. The minimum Gasteiger partial charge on any atom is -0.495 e. The zero-order valence-corrected chi connectivity index (χ0v) is 15.7. The Kier molecular flexibility index (Phi) is 5.61. The van der Waals surface area contributed by atoms with Crippen LogP contribution in [0.15, 0.2) is 42.5 Å². The molecule has 0 spiro atoms. The molecule has 0 fully saturated rings. The maximum absolute atomic E-state index is 12.3. The molecule has 0 aliphatic heterocycles. The van der Waals surface area contributed by atoms with Crippen molar-refractivity contribution in [1.82, 2.24) is 14.9 Å². The van der Waals surface area contributed by atoms with E-state index in [2.05, 4.69) is 15.6 Å². The standard InChI is InChI=1S/C19H19ClN4O3/c1-24-15-11-12(7-8-13(15)23-19(24)20)18(26)21-10-9-17(25)22-14-5-3-4-6-16(14)27-2/h3-8,11H,9-10H2,1-2H3,(H,21,26)(H,22,25). The molecule has 0 aliphatic carbocycles. The van der Waals surface area contributed by atoms with Gasteiger partial charge in [0.1, 0.15) is 5.75 Å². The van der Waals surface area contributed by atoms with Crippen LogP contribution in [0.4, 0.5) is 5.69 Å². The highest BCUT2D eigenvalue weighted by Gasteiger charge is 2.12. The van der Waals surface area contributed by atoms with Gasteiger partial charge in [-0.1, -0.05) is 12.1 Å². The molecule has 2 amide bonds. The number of aryl methyl sites for hydroxylation is 1. The first-order valence-electron chi connectivity index (χ1n) is 8.32. The molecule has 0 radical (unpaired) electrons. The molecule has 0 aliphatic rings. The van der Waals surface area contributed by atoms with E-state index in [9.17, 15) is 9.59 Å². The molecule has 27 heavy (non-hydrogen) atoms. The normalized spacial score (nSPS) is 10.6. The fourth-order valence-electron chi connectivity index (χ4n) is 2.65. The summed E-state index contributed by atoms with van der Waals surface area (Å²) in [5.41, 5.74) is 2.55. The van der Waals surface area contributed by atoms with Gasteiger partial charge in [0.05, 0.1) is 23.8 Å². The molecule has 0 unspecified atom stereocenters. The number of anilines is 1. The molecule has 1 aromatic heterocycles. The SMILES string of the molecule is COc1ccccc1NC(=O)CCNC(=O)c1ccc2nc(Cl)n(C)c2c1. The van der Waals surface area contributed by atoms with Crippen molar-refractivity contribution in [2.24, 2.45) is 7.05 Å². The number of amides is 2. The highest BCUT2D eigenvalue weighted by molar-refractivity contribution is 6.29. The predicted octanol–water partition coefficient (Wildman–Crippen LogP) is 2.99. The van der Waals surface area contributed by atoms with Gasteiger partial charge in [-0.15, -0.1) is 0 Å². The third kappa shape index (κ3) is 4.20. The molecule has 8 heteroatoms. The molecule has 140 valence electrons. The van der Waals surface area contributed by atoms with E-state index in [4.69, 9.17) is 16.3 Å². The fraction of sp³-hybridized carbons (Fsp3) is 0.211. The van der Waals surface area contributed by atoms with Gasteiger partial charge in [-0.2, -0.15) is 0 Å². The van der Waals surface area contributed by atoms with Gasteiger partial charge in [0.2, 0.25) is 11.2 Å². The first-order valence-corrected chi connectivity index (χ1v) is 8.70. The summed E-state index contributed by atoms with van der Waals surface area (Å²) in [5, 5.41) is 5.87. The van der Waals surface area contributed by atoms with Gasteiger partial charge in [0.15, 0.2) is 0 Å². The van der Waals surface area contributed by atoms with Gasteiger partial charge in [0, 0.05) is 25.6 Å². The Hall–Kier alpha value is -3.06. The number of para-hydroxylation sites is 2. The summed E-state index contributed by atoms with van der Waals surface area (Å²) >= 11 is 5.99. The number of benzene rings is 2. The number of hydrogen-bond acceptors (Lipinski definition) is 4. The van der Waals surface area contributed by atoms with Gasteiger partial charge in [0.25, 0.3) is 5.91 Å². The summed E-state index contributed by atoms with van der Waals surface area (Å²) in [6.07, 6.45) is 0.142. The smallest absolute Gasteiger partial charge is 0.251 e. The van der Waals surface area contributed by atoms with E-state index in [-0.39, 0.29) is 24.8 Å². The number of halogens is 1. The van der Waals surface area contributed by atoms with Gasteiger partial charge in [-0.25, -0.2) is 4.98 Å². The van der Waals surface area contributed by atoms with Crippen LogP contribution in [0.2, 0.25) is 5.28 Å². The van der Waals surface area contributed by atoms with Crippen LogP contribution in [0.3, 0.4) is 0 Å². The lowest BCUT2D eigenvalue weighted by atomic mass is 10.2. The van der Waals surface area contributed by atoms with Crippen molar-refractivity contribution in [3.63, 3.8) is 0 Å². The van der Waals surface area contributed by atoms with Crippen molar-refractivity contribution < 1.29 is 14.3 Å². The molecular weight excluding hydrogens is 368 g/mol. The van der Waals surface area contributed by atoms with Gasteiger partial charge in [-0.3, -0.25) is 9.59 Å². The molecule has 3 rings (SSSR count). The van der Waals surface area contributed by atoms with Crippen molar-refractivity contribution in [2.45, 2.75) is 6.42 Å². The largest absolute Gasteiger partial charge is 0.495 e. The van der Waals surface area contributed by atoms with E-state index >= 15 is 0 Å². The number of carbonyl (C=O) groups excluding carboxylic acids is 2. The van der Waals surface area contributed by atoms with E-state index < -0.39 is 0 Å². The van der Waals surface area contributed by atoms with Crippen LogP contribution in [0, 0.1) is 0 Å². The Morgan fingerprint density at radius 3 is 2.78 bits per heavy atom. The average Bonchev–Trinajstić information content (AvgIpc) is 2.95. The quantitative estimate of drug-likeness (QED) is 0.682. The zero-order valence-electron chi connectivity index (χ0n) is 15.0. The second-order valence-corrected chi connectivity index (χ2v) is 6.24. The minimum absolute atomic E-state index is 0.142. The molecule has 2 N–H and O–H groups in total. The topological polar surface area (TPSA) is 85.2 Å². The first-order chi connectivity index (χ1) is 13.0. The van der Waals surface area contributed by atoms with Crippen LogP contribution in [0.1, 0.15) is 16.8 Å². The summed E-state index contributed by atoms with van der Waals surface area (Å²) in [6, 6.07) is 12.3. The Balaban J connectivity index is 1.56. The van der Waals surface area contributed by atoms with Crippen LogP contribution in [0.5, 0.6) is 5.75 Å². The minimum atomic E-state index is -0.265. The van der Waals surface area contributed by atoms with E-state index in [1.807, 2.05) is 6.07 Å². The maximum atomic E-state index is 12.3. The molecule has 0 atom stereocenters. The van der Waals surface area contributed by atoms with E-state index in [1.165, 1.54) is 7.11 Å². The predicted molar refractivity (Wildman–Crippen MR) is 104 cm³/mol. The molecule has 7 nitrogen and oxygen atoms in total. The van der Waals surface area contributed by atoms with Crippen LogP contribution in [-0.4, -0.2) is 35.0 Å².